The Morgan fingerprint density at radius 2 is 1.88 bits per heavy atom. The third-order valence-corrected chi connectivity index (χ3v) is 5.98. The summed E-state index contributed by atoms with van der Waals surface area (Å²) in [6.07, 6.45) is -2.95. The molecule has 1 aliphatic carbocycles. The molecule has 0 radical (unpaired) electrons. The van der Waals surface area contributed by atoms with Crippen LogP contribution in [0.3, 0.4) is 0 Å². The SMILES string of the molecule is Cc1nc(CC(=O)NC2(C)CC2)c(C2OCCO2)c(N[C@H](O)c2cccc(C(F)F)c2C)n1. The van der Waals surface area contributed by atoms with E-state index in [1.54, 1.807) is 13.0 Å². The van der Waals surface area contributed by atoms with E-state index in [9.17, 15) is 18.7 Å². The van der Waals surface area contributed by atoms with E-state index in [0.717, 1.165) is 12.8 Å². The minimum atomic E-state index is -2.66. The minimum absolute atomic E-state index is 0.0117. The molecule has 1 aromatic heterocycles. The van der Waals surface area contributed by atoms with E-state index < -0.39 is 18.9 Å². The molecule has 1 atom stereocenters. The fourth-order valence-electron chi connectivity index (χ4n) is 3.91. The first-order chi connectivity index (χ1) is 15.7. The summed E-state index contributed by atoms with van der Waals surface area (Å²) in [6, 6.07) is 4.37. The van der Waals surface area contributed by atoms with Gasteiger partial charge in [-0.05, 0) is 39.2 Å². The lowest BCUT2D eigenvalue weighted by molar-refractivity contribution is -0.121. The number of benzene rings is 1. The lowest BCUT2D eigenvalue weighted by atomic mass is 10.0. The van der Waals surface area contributed by atoms with Crippen molar-refractivity contribution >= 4 is 11.7 Å². The summed E-state index contributed by atoms with van der Waals surface area (Å²) in [5.74, 6) is 0.424. The highest BCUT2D eigenvalue weighted by atomic mass is 19.3. The molecule has 1 amide bonds. The third-order valence-electron chi connectivity index (χ3n) is 5.98. The molecule has 2 heterocycles. The smallest absolute Gasteiger partial charge is 0.264 e. The number of carbonyl (C=O) groups is 1. The number of anilines is 1. The summed E-state index contributed by atoms with van der Waals surface area (Å²) in [4.78, 5) is 21.5. The first-order valence-corrected chi connectivity index (χ1v) is 10.9. The number of hydrogen-bond acceptors (Lipinski definition) is 7. The average molecular weight is 462 g/mol. The number of carbonyl (C=O) groups excluding carboxylic acids is 1. The first kappa shape index (κ1) is 23.5. The summed E-state index contributed by atoms with van der Waals surface area (Å²) < 4.78 is 38.0. The minimum Gasteiger partial charge on any atom is -0.369 e. The maximum Gasteiger partial charge on any atom is 0.264 e. The van der Waals surface area contributed by atoms with Crippen molar-refractivity contribution in [2.75, 3.05) is 18.5 Å². The molecule has 2 aromatic rings. The van der Waals surface area contributed by atoms with E-state index in [0.29, 0.717) is 35.9 Å². The second-order valence-corrected chi connectivity index (χ2v) is 8.75. The lowest BCUT2D eigenvalue weighted by Crippen LogP contribution is -2.36. The summed E-state index contributed by atoms with van der Waals surface area (Å²) in [5.41, 5.74) is 1.08. The van der Waals surface area contributed by atoms with Crippen molar-refractivity contribution in [2.45, 2.75) is 64.5 Å². The van der Waals surface area contributed by atoms with E-state index in [-0.39, 0.29) is 34.8 Å². The molecule has 3 N–H and O–H groups in total. The maximum atomic E-state index is 13.3. The molecule has 1 aliphatic heterocycles. The Kier molecular flexibility index (Phi) is 6.60. The quantitative estimate of drug-likeness (QED) is 0.517. The van der Waals surface area contributed by atoms with Crippen LogP contribution in [0.15, 0.2) is 18.2 Å². The normalized spacial score (nSPS) is 18.4. The number of nitrogens with zero attached hydrogens (tertiary/aromatic N) is 2. The van der Waals surface area contributed by atoms with Crippen molar-refractivity contribution in [3.8, 4) is 0 Å². The fourth-order valence-corrected chi connectivity index (χ4v) is 3.91. The third kappa shape index (κ3) is 5.29. The van der Waals surface area contributed by atoms with Gasteiger partial charge in [0.25, 0.3) is 6.43 Å². The molecule has 2 aliphatic rings. The zero-order chi connectivity index (χ0) is 23.8. The predicted molar refractivity (Wildman–Crippen MR) is 116 cm³/mol. The van der Waals surface area contributed by atoms with Gasteiger partial charge in [0.15, 0.2) is 12.5 Å². The fraction of sp³-hybridized carbons (Fsp3) is 0.522. The van der Waals surface area contributed by atoms with Gasteiger partial charge >= 0.3 is 0 Å². The molecule has 33 heavy (non-hydrogen) atoms. The number of hydrogen-bond donors (Lipinski definition) is 3. The molecule has 1 aromatic carbocycles. The van der Waals surface area contributed by atoms with E-state index >= 15 is 0 Å². The number of rotatable bonds is 8. The lowest BCUT2D eigenvalue weighted by Gasteiger charge is -2.23. The van der Waals surface area contributed by atoms with Gasteiger partial charge in [0, 0.05) is 16.7 Å². The summed E-state index contributed by atoms with van der Waals surface area (Å²) in [6.45, 7) is 5.91. The van der Waals surface area contributed by atoms with Crippen LogP contribution in [0.1, 0.15) is 72.5 Å². The van der Waals surface area contributed by atoms with Crippen LogP contribution in [0.2, 0.25) is 0 Å². The van der Waals surface area contributed by atoms with Crippen molar-refractivity contribution in [1.82, 2.24) is 15.3 Å². The summed E-state index contributed by atoms with van der Waals surface area (Å²) in [7, 11) is 0. The number of amides is 1. The van der Waals surface area contributed by atoms with Crippen molar-refractivity contribution in [1.29, 1.82) is 0 Å². The molecular weight excluding hydrogens is 434 g/mol. The average Bonchev–Trinajstić information content (AvgIpc) is 3.21. The number of aliphatic hydroxyl groups excluding tert-OH is 1. The summed E-state index contributed by atoms with van der Waals surface area (Å²) >= 11 is 0. The standard InChI is InChI=1S/C23H28F2N4O4/c1-12-14(19(24)25)5-4-6-15(12)21(31)28-20-18(22-32-9-10-33-22)16(26-13(2)27-20)11-17(30)29-23(3)7-8-23/h4-6,19,21-22,31H,7-11H2,1-3H3,(H,29,30)(H,26,27,28)/t21-/m1/s1. The van der Waals surface area contributed by atoms with Gasteiger partial charge in [0.2, 0.25) is 5.91 Å². The zero-order valence-corrected chi connectivity index (χ0v) is 18.8. The van der Waals surface area contributed by atoms with Crippen LogP contribution in [-0.4, -0.2) is 39.7 Å². The van der Waals surface area contributed by atoms with E-state index in [4.69, 9.17) is 9.47 Å². The maximum absolute atomic E-state index is 13.3. The molecule has 2 fully saturated rings. The van der Waals surface area contributed by atoms with Gasteiger partial charge in [-0.15, -0.1) is 0 Å². The van der Waals surface area contributed by atoms with Gasteiger partial charge in [-0.3, -0.25) is 4.79 Å². The Balaban J connectivity index is 1.66. The van der Waals surface area contributed by atoms with Crippen molar-refractivity contribution in [2.24, 2.45) is 0 Å². The highest BCUT2D eigenvalue weighted by Crippen LogP contribution is 2.36. The molecule has 0 unspecified atom stereocenters. The van der Waals surface area contributed by atoms with Crippen LogP contribution in [0, 0.1) is 13.8 Å². The van der Waals surface area contributed by atoms with E-state index in [2.05, 4.69) is 20.6 Å². The molecular formula is C23H28F2N4O4. The Morgan fingerprint density at radius 3 is 2.52 bits per heavy atom. The van der Waals surface area contributed by atoms with Crippen LogP contribution in [0.4, 0.5) is 14.6 Å². The van der Waals surface area contributed by atoms with Crippen LogP contribution in [0.5, 0.6) is 0 Å². The molecule has 0 spiro atoms. The molecule has 10 heteroatoms. The second-order valence-electron chi connectivity index (χ2n) is 8.75. The Bertz CT molecular complexity index is 1040. The van der Waals surface area contributed by atoms with Crippen molar-refractivity contribution in [3.05, 3.63) is 52.0 Å². The van der Waals surface area contributed by atoms with Gasteiger partial charge in [-0.25, -0.2) is 18.7 Å². The zero-order valence-electron chi connectivity index (χ0n) is 18.8. The first-order valence-electron chi connectivity index (χ1n) is 10.9. The number of aryl methyl sites for hydroxylation is 1. The number of nitrogens with one attached hydrogen (secondary N) is 2. The topological polar surface area (TPSA) is 106 Å². The Morgan fingerprint density at radius 1 is 1.21 bits per heavy atom. The monoisotopic (exact) mass is 462 g/mol. The van der Waals surface area contributed by atoms with Gasteiger partial charge < -0.3 is 25.2 Å². The number of aromatic nitrogens is 2. The van der Waals surface area contributed by atoms with Crippen molar-refractivity contribution < 1.29 is 28.2 Å². The van der Waals surface area contributed by atoms with Crippen LogP contribution in [0.25, 0.3) is 0 Å². The highest BCUT2D eigenvalue weighted by Gasteiger charge is 2.39. The van der Waals surface area contributed by atoms with Gasteiger partial charge in [-0.2, -0.15) is 0 Å². The molecule has 1 saturated heterocycles. The summed E-state index contributed by atoms with van der Waals surface area (Å²) in [5, 5.41) is 16.8. The van der Waals surface area contributed by atoms with Gasteiger partial charge in [-0.1, -0.05) is 18.2 Å². The molecule has 8 nitrogen and oxygen atoms in total. The molecule has 0 bridgehead atoms. The molecule has 1 saturated carbocycles. The number of ether oxygens (including phenoxy) is 2. The highest BCUT2D eigenvalue weighted by molar-refractivity contribution is 5.80. The van der Waals surface area contributed by atoms with Crippen molar-refractivity contribution in [3.63, 3.8) is 0 Å². The molecule has 178 valence electrons. The van der Waals surface area contributed by atoms with E-state index in [1.165, 1.54) is 19.1 Å². The Labute approximate surface area is 190 Å². The number of alkyl halides is 2. The van der Waals surface area contributed by atoms with Crippen LogP contribution in [-0.2, 0) is 20.7 Å². The van der Waals surface area contributed by atoms with E-state index in [1.807, 2.05) is 6.92 Å². The number of aliphatic hydroxyl groups is 1. The Hall–Kier alpha value is -2.69. The second kappa shape index (κ2) is 9.28. The number of halogens is 2. The predicted octanol–water partition coefficient (Wildman–Crippen LogP) is 3.39. The van der Waals surface area contributed by atoms with Gasteiger partial charge in [0.05, 0.1) is 30.9 Å². The largest absolute Gasteiger partial charge is 0.369 e. The van der Waals surface area contributed by atoms with Crippen LogP contribution >= 0.6 is 0 Å². The van der Waals surface area contributed by atoms with Crippen LogP contribution < -0.4 is 10.6 Å². The molecule has 4 rings (SSSR count). The van der Waals surface area contributed by atoms with Gasteiger partial charge in [0.1, 0.15) is 11.6 Å².